The summed E-state index contributed by atoms with van der Waals surface area (Å²) in [6, 6.07) is 13.1. The van der Waals surface area contributed by atoms with Crippen LogP contribution in [0.25, 0.3) is 11.5 Å². The molecule has 0 bridgehead atoms. The van der Waals surface area contributed by atoms with Gasteiger partial charge in [-0.1, -0.05) is 42.1 Å². The van der Waals surface area contributed by atoms with E-state index < -0.39 is 0 Å². The number of hydrogen-bond acceptors (Lipinski definition) is 1. The Morgan fingerprint density at radius 1 is 0.824 bits per heavy atom. The van der Waals surface area contributed by atoms with Crippen LogP contribution in [0, 0.1) is 0 Å². The van der Waals surface area contributed by atoms with Crippen LogP contribution in [-0.4, -0.2) is 10.2 Å². The van der Waals surface area contributed by atoms with Crippen LogP contribution in [-0.2, 0) is 17.1 Å². The first-order chi connectivity index (χ1) is 7.61. The van der Waals surface area contributed by atoms with Gasteiger partial charge in [0.2, 0.25) is 5.75 Å². The van der Waals surface area contributed by atoms with Crippen molar-refractivity contribution in [3.05, 3.63) is 60.0 Å². The summed E-state index contributed by atoms with van der Waals surface area (Å²) in [6.07, 6.45) is 0. The number of benzene rings is 2. The fourth-order valence-corrected chi connectivity index (χ4v) is 0.957. The van der Waals surface area contributed by atoms with Gasteiger partial charge in [0.25, 0.3) is 0 Å². The number of phenols is 1. The number of nitrogens with one attached hydrogen (secondary N) is 2. The quantitative estimate of drug-likeness (QED) is 0.443. The van der Waals surface area contributed by atoms with E-state index in [1.165, 1.54) is 12.1 Å². The number of hydrogen-bond donors (Lipinski definition) is 1. The Labute approximate surface area is 110 Å². The Kier molecular flexibility index (Phi) is 6.63. The van der Waals surface area contributed by atoms with E-state index in [0.717, 1.165) is 0 Å². The molecule has 0 saturated heterocycles. The molecule has 5 N–H and O–H groups in total. The van der Waals surface area contributed by atoms with Crippen LogP contribution in [0.5, 0.6) is 11.5 Å². The molecule has 2 aromatic carbocycles. The maximum Gasteiger partial charge on any atom is 2.00 e. The smallest absolute Gasteiger partial charge is 0.696 e. The van der Waals surface area contributed by atoms with Gasteiger partial charge in [-0.25, -0.2) is 0 Å². The molecule has 0 atom stereocenters. The molecule has 1 radical (unpaired) electrons. The molecule has 0 aliphatic heterocycles. The minimum atomic E-state index is 0. The number of rotatable bonds is 0. The van der Waals surface area contributed by atoms with Gasteiger partial charge < -0.3 is 21.7 Å². The van der Waals surface area contributed by atoms with Gasteiger partial charge >= 0.3 is 17.1 Å². The zero-order valence-corrected chi connectivity index (χ0v) is 9.81. The third-order valence-corrected chi connectivity index (χ3v) is 1.83. The summed E-state index contributed by atoms with van der Waals surface area (Å²) in [5.41, 5.74) is 14.5. The molecule has 0 heterocycles. The maximum atomic E-state index is 8.73. The largest absolute Gasteiger partial charge is 2.00 e. The van der Waals surface area contributed by atoms with Crippen molar-refractivity contribution in [2.24, 2.45) is 0 Å². The fraction of sp³-hybridized carbons (Fsp3) is 0. The molecule has 0 unspecified atom stereocenters. The molecule has 0 aliphatic carbocycles. The first-order valence-electron chi connectivity index (χ1n) is 4.63. The predicted molar refractivity (Wildman–Crippen MR) is 65.6 cm³/mol. The van der Waals surface area contributed by atoms with E-state index >= 15 is 0 Å². The monoisotopic (exact) mass is 280 g/mol. The number of aromatic hydroxyl groups is 1. The van der Waals surface area contributed by atoms with Gasteiger partial charge in [-0.3, -0.25) is 0 Å². The van der Waals surface area contributed by atoms with Gasteiger partial charge in [0.05, 0.1) is 0 Å². The van der Waals surface area contributed by atoms with Crippen LogP contribution >= 0.6 is 0 Å². The van der Waals surface area contributed by atoms with Crippen molar-refractivity contribution < 1.29 is 27.3 Å². The normalized spacial score (nSPS) is 8.47. The van der Waals surface area contributed by atoms with E-state index in [0.29, 0.717) is 0 Å². The first-order valence-corrected chi connectivity index (χ1v) is 4.63. The molecule has 93 valence electrons. The van der Waals surface area contributed by atoms with E-state index in [2.05, 4.69) is 0 Å². The van der Waals surface area contributed by atoms with Gasteiger partial charge in [0.1, 0.15) is 5.75 Å². The van der Waals surface area contributed by atoms with Crippen LogP contribution in [0.1, 0.15) is 0 Å². The minimum Gasteiger partial charge on any atom is -0.696 e. The molecule has 0 aromatic heterocycles. The molecular formula is C12H13CuN2O2+. The van der Waals surface area contributed by atoms with E-state index in [4.69, 9.17) is 21.7 Å². The molecule has 0 aliphatic rings. The van der Waals surface area contributed by atoms with Crippen LogP contribution in [0.2, 0.25) is 0 Å². The van der Waals surface area contributed by atoms with Gasteiger partial charge in [-0.05, 0) is 11.8 Å². The number of para-hydroxylation sites is 2. The Bertz CT molecular complexity index is 378. The van der Waals surface area contributed by atoms with Crippen molar-refractivity contribution in [3.8, 4) is 11.5 Å². The second kappa shape index (κ2) is 7.44. The molecule has 5 heteroatoms. The SMILES string of the molecule is [Cu+2].[NH-]c1ccccc1O.[NH-]c1ccccc1[OH2+]. The van der Waals surface area contributed by atoms with Crippen molar-refractivity contribution in [1.82, 2.24) is 0 Å². The van der Waals surface area contributed by atoms with Crippen molar-refractivity contribution in [2.45, 2.75) is 0 Å². The molecule has 0 amide bonds. The van der Waals surface area contributed by atoms with Crippen LogP contribution in [0.4, 0.5) is 11.4 Å². The maximum absolute atomic E-state index is 8.73. The third kappa shape index (κ3) is 5.15. The molecule has 2 aromatic rings. The summed E-state index contributed by atoms with van der Waals surface area (Å²) in [5.74, 6) is 0.319. The summed E-state index contributed by atoms with van der Waals surface area (Å²) in [5, 5.41) is 15.8. The van der Waals surface area contributed by atoms with Crippen molar-refractivity contribution in [1.29, 1.82) is 0 Å². The zero-order valence-electron chi connectivity index (χ0n) is 8.87. The molecule has 4 nitrogen and oxygen atoms in total. The van der Waals surface area contributed by atoms with Gasteiger partial charge in [0, 0.05) is 6.07 Å². The molecule has 0 saturated carbocycles. The first kappa shape index (κ1) is 15.2. The molecular weight excluding hydrogens is 268 g/mol. The Morgan fingerprint density at radius 2 is 1.29 bits per heavy atom. The van der Waals surface area contributed by atoms with Crippen LogP contribution < -0.4 is 0 Å². The third-order valence-electron chi connectivity index (χ3n) is 1.83. The standard InChI is InChI=1S/2C6H6NO.Cu/c2*7-5-3-1-2-4-6(5)8;/h2*1-4,7-8H;/q2*-1;+2/p+1. The van der Waals surface area contributed by atoms with E-state index in [1.54, 1.807) is 36.4 Å². The Morgan fingerprint density at radius 3 is 1.59 bits per heavy atom. The van der Waals surface area contributed by atoms with Gasteiger partial charge in [-0.15, -0.1) is 0 Å². The van der Waals surface area contributed by atoms with E-state index in [1.807, 2.05) is 0 Å². The molecule has 0 fully saturated rings. The van der Waals surface area contributed by atoms with Crippen LogP contribution in [0.3, 0.4) is 0 Å². The second-order valence-corrected chi connectivity index (χ2v) is 3.06. The Balaban J connectivity index is 0.000000284. The van der Waals surface area contributed by atoms with Crippen molar-refractivity contribution >= 4 is 11.4 Å². The second-order valence-electron chi connectivity index (χ2n) is 3.06. The molecule has 17 heavy (non-hydrogen) atoms. The van der Waals surface area contributed by atoms with E-state index in [9.17, 15) is 0 Å². The molecule has 0 spiro atoms. The van der Waals surface area contributed by atoms with Crippen LogP contribution in [0.15, 0.2) is 48.5 Å². The predicted octanol–water partition coefficient (Wildman–Crippen LogP) is 3.88. The summed E-state index contributed by atoms with van der Waals surface area (Å²) < 4.78 is 0. The van der Waals surface area contributed by atoms with E-state index in [-0.39, 0.29) is 39.9 Å². The van der Waals surface area contributed by atoms with Gasteiger partial charge in [-0.2, -0.15) is 0 Å². The summed E-state index contributed by atoms with van der Waals surface area (Å²) in [7, 11) is 0. The average molecular weight is 281 g/mol. The van der Waals surface area contributed by atoms with Crippen molar-refractivity contribution in [2.75, 3.05) is 0 Å². The minimum absolute atomic E-state index is 0. The average Bonchev–Trinajstić information content (AvgIpc) is 2.28. The number of phenolic OH excluding ortho intramolecular Hbond substituents is 1. The Hall–Kier alpha value is -1.84. The summed E-state index contributed by atoms with van der Waals surface area (Å²) in [4.78, 5) is 0. The topological polar surface area (TPSA) is 90.7 Å². The van der Waals surface area contributed by atoms with Crippen molar-refractivity contribution in [3.63, 3.8) is 0 Å². The zero-order chi connectivity index (χ0) is 12.0. The fourth-order valence-electron chi connectivity index (χ4n) is 0.957. The van der Waals surface area contributed by atoms with Gasteiger partial charge in [0.15, 0.2) is 0 Å². The molecule has 2 rings (SSSR count). The summed E-state index contributed by atoms with van der Waals surface area (Å²) >= 11 is 0. The summed E-state index contributed by atoms with van der Waals surface area (Å²) in [6.45, 7) is 0.